The first-order chi connectivity index (χ1) is 5.29. The molecule has 2 heteroatoms. The van der Waals surface area contributed by atoms with Gasteiger partial charge in [-0.05, 0) is 32.7 Å². The molecule has 1 aliphatic heterocycles. The van der Waals surface area contributed by atoms with Gasteiger partial charge in [-0.15, -0.1) is 0 Å². The highest BCUT2D eigenvalue weighted by Crippen LogP contribution is 2.48. The molecule has 1 atom stereocenters. The Labute approximate surface area is 68.5 Å². The Hall–Kier alpha value is -0.0800. The standard InChI is InChI=1S/C9H17NO/c1-10-7-3-6-9(10,11-2)8-4-5-8/h8H,3-7H2,1-2H3. The third-order valence-electron chi connectivity index (χ3n) is 3.24. The van der Waals surface area contributed by atoms with Crippen molar-refractivity contribution in [3.05, 3.63) is 0 Å². The maximum Gasteiger partial charge on any atom is 0.123 e. The van der Waals surface area contributed by atoms with Crippen LogP contribution in [0, 0.1) is 5.92 Å². The maximum absolute atomic E-state index is 5.66. The molecule has 0 aromatic carbocycles. The molecule has 0 spiro atoms. The van der Waals surface area contributed by atoms with Crippen LogP contribution in [0.3, 0.4) is 0 Å². The van der Waals surface area contributed by atoms with E-state index in [-0.39, 0.29) is 5.72 Å². The molecule has 2 rings (SSSR count). The van der Waals surface area contributed by atoms with Crippen LogP contribution < -0.4 is 0 Å². The van der Waals surface area contributed by atoms with Crippen LogP contribution in [-0.2, 0) is 4.74 Å². The summed E-state index contributed by atoms with van der Waals surface area (Å²) in [6.45, 7) is 1.21. The Morgan fingerprint density at radius 1 is 1.45 bits per heavy atom. The summed E-state index contributed by atoms with van der Waals surface area (Å²) in [6.07, 6.45) is 5.29. The lowest BCUT2D eigenvalue weighted by atomic mass is 10.1. The van der Waals surface area contributed by atoms with E-state index in [0.29, 0.717) is 0 Å². The van der Waals surface area contributed by atoms with Crippen LogP contribution in [0.5, 0.6) is 0 Å². The van der Waals surface area contributed by atoms with E-state index >= 15 is 0 Å². The fraction of sp³-hybridized carbons (Fsp3) is 1.00. The Kier molecular flexibility index (Phi) is 1.69. The minimum absolute atomic E-state index is 0.139. The van der Waals surface area contributed by atoms with Crippen molar-refractivity contribution >= 4 is 0 Å². The second kappa shape index (κ2) is 2.46. The third kappa shape index (κ3) is 1.00. The molecule has 64 valence electrons. The van der Waals surface area contributed by atoms with Crippen molar-refractivity contribution in [3.63, 3.8) is 0 Å². The van der Waals surface area contributed by atoms with Gasteiger partial charge in [-0.1, -0.05) is 0 Å². The van der Waals surface area contributed by atoms with Gasteiger partial charge in [0.2, 0.25) is 0 Å². The van der Waals surface area contributed by atoms with Crippen molar-refractivity contribution in [3.8, 4) is 0 Å². The summed E-state index contributed by atoms with van der Waals surface area (Å²) in [5, 5.41) is 0. The first-order valence-electron chi connectivity index (χ1n) is 4.56. The summed E-state index contributed by atoms with van der Waals surface area (Å²) in [4.78, 5) is 2.39. The first-order valence-corrected chi connectivity index (χ1v) is 4.56. The molecule has 0 aromatic heterocycles. The average Bonchev–Trinajstić information content (AvgIpc) is 2.78. The molecule has 1 aliphatic carbocycles. The van der Waals surface area contributed by atoms with Crippen molar-refractivity contribution in [2.24, 2.45) is 5.92 Å². The van der Waals surface area contributed by atoms with Crippen LogP contribution >= 0.6 is 0 Å². The molecular weight excluding hydrogens is 138 g/mol. The molecular formula is C9H17NO. The van der Waals surface area contributed by atoms with Crippen LogP contribution in [0.2, 0.25) is 0 Å². The molecule has 1 saturated heterocycles. The van der Waals surface area contributed by atoms with Gasteiger partial charge in [0.1, 0.15) is 5.72 Å². The van der Waals surface area contributed by atoms with Gasteiger partial charge < -0.3 is 4.74 Å². The zero-order chi connectivity index (χ0) is 7.90. The van der Waals surface area contributed by atoms with Crippen molar-refractivity contribution in [2.45, 2.75) is 31.4 Å². The summed E-state index contributed by atoms with van der Waals surface area (Å²) in [7, 11) is 4.05. The molecule has 2 fully saturated rings. The Bertz CT molecular complexity index is 156. The highest BCUT2D eigenvalue weighted by atomic mass is 16.5. The normalized spacial score (nSPS) is 39.8. The number of likely N-dealkylation sites (tertiary alicyclic amines) is 1. The molecule has 11 heavy (non-hydrogen) atoms. The van der Waals surface area contributed by atoms with Gasteiger partial charge in [-0.3, -0.25) is 4.90 Å². The molecule has 0 amide bonds. The zero-order valence-corrected chi connectivity index (χ0v) is 7.47. The van der Waals surface area contributed by atoms with Gasteiger partial charge in [0.15, 0.2) is 0 Å². The number of nitrogens with zero attached hydrogens (tertiary/aromatic N) is 1. The van der Waals surface area contributed by atoms with Crippen LogP contribution in [0.1, 0.15) is 25.7 Å². The number of rotatable bonds is 2. The van der Waals surface area contributed by atoms with E-state index in [1.54, 1.807) is 0 Å². The highest BCUT2D eigenvalue weighted by molar-refractivity contribution is 4.98. The topological polar surface area (TPSA) is 12.5 Å². The van der Waals surface area contributed by atoms with Gasteiger partial charge in [0, 0.05) is 19.6 Å². The van der Waals surface area contributed by atoms with Gasteiger partial charge in [-0.25, -0.2) is 0 Å². The molecule has 1 saturated carbocycles. The minimum Gasteiger partial charge on any atom is -0.363 e. The lowest BCUT2D eigenvalue weighted by molar-refractivity contribution is -0.117. The van der Waals surface area contributed by atoms with Gasteiger partial charge in [0.05, 0.1) is 0 Å². The molecule has 0 radical (unpaired) electrons. The predicted molar refractivity (Wildman–Crippen MR) is 44.3 cm³/mol. The fourth-order valence-corrected chi connectivity index (χ4v) is 2.42. The van der Waals surface area contributed by atoms with Crippen LogP contribution in [0.25, 0.3) is 0 Å². The molecule has 0 bridgehead atoms. The Morgan fingerprint density at radius 2 is 2.18 bits per heavy atom. The minimum atomic E-state index is 0.139. The summed E-state index contributed by atoms with van der Waals surface area (Å²) in [5.41, 5.74) is 0.139. The highest BCUT2D eigenvalue weighted by Gasteiger charge is 2.50. The summed E-state index contributed by atoms with van der Waals surface area (Å²) in [5.74, 6) is 0.833. The van der Waals surface area contributed by atoms with E-state index in [0.717, 1.165) is 5.92 Å². The monoisotopic (exact) mass is 155 g/mol. The predicted octanol–water partition coefficient (Wildman–Crippen LogP) is 1.46. The van der Waals surface area contributed by atoms with Gasteiger partial charge in [-0.2, -0.15) is 0 Å². The number of methoxy groups -OCH3 is 1. The second-order valence-corrected chi connectivity index (χ2v) is 3.85. The quantitative estimate of drug-likeness (QED) is 0.598. The van der Waals surface area contributed by atoms with E-state index in [9.17, 15) is 0 Å². The fourth-order valence-electron chi connectivity index (χ4n) is 2.42. The Morgan fingerprint density at radius 3 is 2.55 bits per heavy atom. The Balaban J connectivity index is 2.13. The summed E-state index contributed by atoms with van der Waals surface area (Å²) in [6, 6.07) is 0. The lowest BCUT2D eigenvalue weighted by Crippen LogP contribution is -2.45. The molecule has 1 unspecified atom stereocenters. The van der Waals surface area contributed by atoms with E-state index in [1.807, 2.05) is 7.11 Å². The molecule has 2 nitrogen and oxygen atoms in total. The maximum atomic E-state index is 5.66. The van der Waals surface area contributed by atoms with Crippen LogP contribution in [0.4, 0.5) is 0 Å². The molecule has 1 heterocycles. The lowest BCUT2D eigenvalue weighted by Gasteiger charge is -2.35. The SMILES string of the molecule is COC1(C2CC2)CCCN1C. The van der Waals surface area contributed by atoms with Crippen molar-refractivity contribution in [2.75, 3.05) is 20.7 Å². The summed E-state index contributed by atoms with van der Waals surface area (Å²) < 4.78 is 5.66. The first kappa shape index (κ1) is 7.56. The van der Waals surface area contributed by atoms with Crippen LogP contribution in [0.15, 0.2) is 0 Å². The average molecular weight is 155 g/mol. The third-order valence-corrected chi connectivity index (χ3v) is 3.24. The molecule has 2 aliphatic rings. The number of hydrogen-bond acceptors (Lipinski definition) is 2. The molecule has 0 N–H and O–H groups in total. The van der Waals surface area contributed by atoms with E-state index in [4.69, 9.17) is 4.74 Å². The molecule has 0 aromatic rings. The second-order valence-electron chi connectivity index (χ2n) is 3.85. The van der Waals surface area contributed by atoms with Crippen molar-refractivity contribution in [1.29, 1.82) is 0 Å². The van der Waals surface area contributed by atoms with Crippen molar-refractivity contribution in [1.82, 2.24) is 4.90 Å². The van der Waals surface area contributed by atoms with E-state index in [1.165, 1.54) is 32.2 Å². The van der Waals surface area contributed by atoms with Gasteiger partial charge in [0.25, 0.3) is 0 Å². The van der Waals surface area contributed by atoms with E-state index in [2.05, 4.69) is 11.9 Å². The smallest absolute Gasteiger partial charge is 0.123 e. The number of hydrogen-bond donors (Lipinski definition) is 0. The van der Waals surface area contributed by atoms with Crippen molar-refractivity contribution < 1.29 is 4.74 Å². The largest absolute Gasteiger partial charge is 0.363 e. The summed E-state index contributed by atoms with van der Waals surface area (Å²) >= 11 is 0. The number of ether oxygens (including phenoxy) is 1. The van der Waals surface area contributed by atoms with E-state index < -0.39 is 0 Å². The zero-order valence-electron chi connectivity index (χ0n) is 7.47. The van der Waals surface area contributed by atoms with Crippen LogP contribution in [-0.4, -0.2) is 31.3 Å². The van der Waals surface area contributed by atoms with Gasteiger partial charge >= 0.3 is 0 Å².